The van der Waals surface area contributed by atoms with Crippen molar-refractivity contribution in [3.05, 3.63) is 71.1 Å². The average Bonchev–Trinajstić information content (AvgIpc) is 3.46. The number of aromatic amines is 2. The fraction of sp³-hybridized carbons (Fsp3) is 0.241. The molecule has 0 fully saturated rings. The molecule has 0 aliphatic carbocycles. The van der Waals surface area contributed by atoms with E-state index in [1.165, 1.54) is 27.4 Å². The molecule has 0 atom stereocenters. The molecule has 0 aliphatic heterocycles. The quantitative estimate of drug-likeness (QED) is 0.365. The van der Waals surface area contributed by atoms with Crippen LogP contribution in [0.4, 0.5) is 0 Å². The Bertz CT molecular complexity index is 1540. The number of nitrogens with zero attached hydrogens (tertiary/aromatic N) is 2. The van der Waals surface area contributed by atoms with Gasteiger partial charge in [-0.1, -0.05) is 44.3 Å². The van der Waals surface area contributed by atoms with E-state index in [1.54, 1.807) is 0 Å². The summed E-state index contributed by atoms with van der Waals surface area (Å²) in [5.41, 5.74) is 8.42. The molecule has 2 aromatic carbocycles. The first-order valence-electron chi connectivity index (χ1n) is 11.7. The van der Waals surface area contributed by atoms with Crippen molar-refractivity contribution in [2.45, 2.75) is 26.3 Å². The van der Waals surface area contributed by atoms with Crippen LogP contribution in [-0.4, -0.2) is 40.1 Å². The van der Waals surface area contributed by atoms with Gasteiger partial charge in [0.15, 0.2) is 0 Å². The van der Waals surface area contributed by atoms with Gasteiger partial charge in [-0.15, -0.1) is 0 Å². The maximum absolute atomic E-state index is 4.39. The highest BCUT2D eigenvalue weighted by Crippen LogP contribution is 2.37. The van der Waals surface area contributed by atoms with Crippen molar-refractivity contribution in [1.82, 2.24) is 19.4 Å². The number of aryl methyl sites for hydroxylation is 2. The molecule has 5 rings (SSSR count). The molecule has 0 spiro atoms. The highest BCUT2D eigenvalue weighted by molar-refractivity contribution is 6.05. The van der Waals surface area contributed by atoms with Crippen LogP contribution in [0.1, 0.15) is 18.9 Å². The zero-order valence-electron chi connectivity index (χ0n) is 19.8. The normalized spacial score (nSPS) is 11.9. The van der Waals surface area contributed by atoms with Crippen LogP contribution in [0.15, 0.2) is 54.9 Å². The highest BCUT2D eigenvalue weighted by Gasteiger charge is 2.20. The minimum absolute atomic E-state index is 0.903. The number of para-hydroxylation sites is 1. The zero-order chi connectivity index (χ0) is 23.1. The molecule has 0 amide bonds. The highest BCUT2D eigenvalue weighted by atomic mass is 15.1. The molecular weight excluding hydrogens is 404 g/mol. The third-order valence-corrected chi connectivity index (χ3v) is 6.64. The van der Waals surface area contributed by atoms with E-state index in [2.05, 4.69) is 108 Å². The third kappa shape index (κ3) is 3.70. The van der Waals surface area contributed by atoms with Gasteiger partial charge in [-0.05, 0) is 57.2 Å². The molecule has 3 aromatic heterocycles. The van der Waals surface area contributed by atoms with E-state index >= 15 is 0 Å². The van der Waals surface area contributed by atoms with Crippen molar-refractivity contribution >= 4 is 35.0 Å². The van der Waals surface area contributed by atoms with Gasteiger partial charge in [-0.25, -0.2) is 0 Å². The number of hydrogen-bond donors (Lipinski definition) is 2. The smallest absolute Gasteiger partial charge is 0.0486 e. The lowest BCUT2D eigenvalue weighted by molar-refractivity contribution is 0.388. The molecule has 33 heavy (non-hydrogen) atoms. The molecule has 0 aliphatic rings. The van der Waals surface area contributed by atoms with Gasteiger partial charge < -0.3 is 19.4 Å². The summed E-state index contributed by atoms with van der Waals surface area (Å²) < 4.78 is 2.40. The first-order valence-corrected chi connectivity index (χ1v) is 11.7. The van der Waals surface area contributed by atoms with Crippen LogP contribution in [0.5, 0.6) is 0 Å². The van der Waals surface area contributed by atoms with E-state index in [0.717, 1.165) is 58.8 Å². The van der Waals surface area contributed by atoms with Crippen LogP contribution >= 0.6 is 0 Å². The first-order chi connectivity index (χ1) is 16.0. The van der Waals surface area contributed by atoms with Crippen molar-refractivity contribution in [3.63, 3.8) is 0 Å². The predicted octanol–water partition coefficient (Wildman–Crippen LogP) is 5.12. The monoisotopic (exact) mass is 436 g/mol. The predicted molar refractivity (Wildman–Crippen MR) is 142 cm³/mol. The summed E-state index contributed by atoms with van der Waals surface area (Å²) >= 11 is 0. The van der Waals surface area contributed by atoms with Crippen LogP contribution in [0.25, 0.3) is 57.2 Å². The Morgan fingerprint density at radius 3 is 2.45 bits per heavy atom. The molecule has 0 saturated heterocycles. The molecule has 2 N–H and O–H groups in total. The molecule has 5 aromatic rings. The molecule has 3 heterocycles. The largest absolute Gasteiger partial charge is 0.361 e. The lowest BCUT2D eigenvalue weighted by Crippen LogP contribution is -2.14. The van der Waals surface area contributed by atoms with E-state index in [-0.39, 0.29) is 0 Å². The van der Waals surface area contributed by atoms with Crippen molar-refractivity contribution in [2.24, 2.45) is 0 Å². The second-order valence-electron chi connectivity index (χ2n) is 9.18. The van der Waals surface area contributed by atoms with Gasteiger partial charge in [0.05, 0.1) is 0 Å². The van der Waals surface area contributed by atoms with E-state index in [4.69, 9.17) is 0 Å². The molecule has 4 nitrogen and oxygen atoms in total. The minimum Gasteiger partial charge on any atom is -0.361 e. The van der Waals surface area contributed by atoms with E-state index in [9.17, 15) is 0 Å². The molecule has 0 unspecified atom stereocenters. The number of hydrogen-bond acceptors (Lipinski definition) is 1. The SMILES string of the molecule is C=c1[nH]c(=C)c(-c2cn(CCCN(C)C)c3ccc(CC)cc23)c1-c1c[nH]c2ccccc12. The molecule has 168 valence electrons. The number of aromatic nitrogens is 3. The fourth-order valence-corrected chi connectivity index (χ4v) is 4.99. The second-order valence-corrected chi connectivity index (χ2v) is 9.18. The molecule has 0 saturated carbocycles. The number of H-pyrrole nitrogens is 2. The number of fused-ring (bicyclic) bond motifs is 2. The lowest BCUT2D eigenvalue weighted by atomic mass is 9.96. The van der Waals surface area contributed by atoms with Crippen molar-refractivity contribution in [1.29, 1.82) is 0 Å². The molecule has 4 heteroatoms. The lowest BCUT2D eigenvalue weighted by Gasteiger charge is -2.10. The Kier molecular flexibility index (Phi) is 5.47. The van der Waals surface area contributed by atoms with E-state index in [1.807, 2.05) is 0 Å². The Hall–Kier alpha value is -3.50. The summed E-state index contributed by atoms with van der Waals surface area (Å²) in [7, 11) is 4.26. The van der Waals surface area contributed by atoms with Crippen LogP contribution < -0.4 is 10.7 Å². The van der Waals surface area contributed by atoms with Gasteiger partial charge in [0.2, 0.25) is 0 Å². The van der Waals surface area contributed by atoms with E-state index < -0.39 is 0 Å². The van der Waals surface area contributed by atoms with Gasteiger partial charge in [0.1, 0.15) is 0 Å². The van der Waals surface area contributed by atoms with Gasteiger partial charge in [-0.3, -0.25) is 0 Å². The van der Waals surface area contributed by atoms with Gasteiger partial charge in [0.25, 0.3) is 0 Å². The van der Waals surface area contributed by atoms with Crippen molar-refractivity contribution < 1.29 is 0 Å². The molecule has 0 radical (unpaired) electrons. The van der Waals surface area contributed by atoms with Gasteiger partial charge in [0, 0.05) is 73.7 Å². The Morgan fingerprint density at radius 1 is 0.939 bits per heavy atom. The third-order valence-electron chi connectivity index (χ3n) is 6.64. The van der Waals surface area contributed by atoms with Crippen molar-refractivity contribution in [2.75, 3.05) is 20.6 Å². The minimum atomic E-state index is 0.903. The summed E-state index contributed by atoms with van der Waals surface area (Å²) in [6.45, 7) is 13.0. The van der Waals surface area contributed by atoms with Crippen LogP contribution in [0.2, 0.25) is 0 Å². The summed E-state index contributed by atoms with van der Waals surface area (Å²) in [6.07, 6.45) is 6.53. The summed E-state index contributed by atoms with van der Waals surface area (Å²) in [4.78, 5) is 9.11. The molecule has 0 bridgehead atoms. The Balaban J connectivity index is 1.75. The van der Waals surface area contributed by atoms with Crippen LogP contribution in [0.3, 0.4) is 0 Å². The Morgan fingerprint density at radius 2 is 1.70 bits per heavy atom. The number of benzene rings is 2. The summed E-state index contributed by atoms with van der Waals surface area (Å²) in [6, 6.07) is 15.3. The van der Waals surface area contributed by atoms with Crippen LogP contribution in [0, 0.1) is 0 Å². The van der Waals surface area contributed by atoms with Crippen molar-refractivity contribution in [3.8, 4) is 22.3 Å². The molecular formula is C29H32N4. The topological polar surface area (TPSA) is 39.8 Å². The van der Waals surface area contributed by atoms with Crippen LogP contribution in [-0.2, 0) is 13.0 Å². The maximum atomic E-state index is 4.39. The fourth-order valence-electron chi connectivity index (χ4n) is 4.99. The van der Waals surface area contributed by atoms with Gasteiger partial charge in [-0.2, -0.15) is 0 Å². The average molecular weight is 437 g/mol. The zero-order valence-corrected chi connectivity index (χ0v) is 19.8. The van der Waals surface area contributed by atoms with E-state index in [0.29, 0.717) is 0 Å². The summed E-state index contributed by atoms with van der Waals surface area (Å²) in [5, 5.41) is 4.30. The number of rotatable bonds is 7. The second kappa shape index (κ2) is 8.45. The standard InChI is InChI=1S/C29H32N4/c1-6-21-12-13-27-23(16-21)25(18-33(27)15-9-14-32(4)5)29-20(3)31-19(2)28(29)24-17-30-26-11-8-7-10-22(24)26/h7-8,10-13,16-18,30-31H,2-3,6,9,14-15H2,1,4-5H3. The first kappa shape index (κ1) is 21.4. The van der Waals surface area contributed by atoms with Gasteiger partial charge >= 0.3 is 0 Å². The summed E-state index contributed by atoms with van der Waals surface area (Å²) in [5.74, 6) is 0. The number of nitrogens with one attached hydrogen (secondary N) is 2. The Labute approximate surface area is 194 Å². The maximum Gasteiger partial charge on any atom is 0.0486 e.